The molecule has 0 aromatic carbocycles. The number of hydrogen-bond acceptors (Lipinski definition) is 6. The first-order valence-electron chi connectivity index (χ1n) is 6.81. The van der Waals surface area contributed by atoms with Crippen molar-refractivity contribution < 1.29 is 4.52 Å². The minimum atomic E-state index is 0.216. The van der Waals surface area contributed by atoms with Gasteiger partial charge in [0.05, 0.1) is 11.1 Å². The Kier molecular flexibility index (Phi) is 4.35. The second-order valence-electron chi connectivity index (χ2n) is 4.77. The van der Waals surface area contributed by atoms with Gasteiger partial charge in [-0.1, -0.05) is 23.7 Å². The van der Waals surface area contributed by atoms with Gasteiger partial charge in [-0.15, -0.1) is 11.3 Å². The van der Waals surface area contributed by atoms with E-state index in [2.05, 4.69) is 27.3 Å². The molecule has 0 spiro atoms. The first-order valence-corrected chi connectivity index (χ1v) is 8.07. The van der Waals surface area contributed by atoms with Gasteiger partial charge >= 0.3 is 0 Å². The Morgan fingerprint density at radius 2 is 2.30 bits per heavy atom. The average Bonchev–Trinajstić information content (AvgIpc) is 3.10. The zero-order valence-electron chi connectivity index (χ0n) is 11.3. The second kappa shape index (κ2) is 6.22. The van der Waals surface area contributed by atoms with Gasteiger partial charge in [-0.3, -0.25) is 4.90 Å². The van der Waals surface area contributed by atoms with E-state index in [-0.39, 0.29) is 6.04 Å². The van der Waals surface area contributed by atoms with Gasteiger partial charge in [0.15, 0.2) is 5.82 Å². The monoisotopic (exact) mass is 312 g/mol. The minimum absolute atomic E-state index is 0.216. The molecule has 1 aliphatic rings. The van der Waals surface area contributed by atoms with Gasteiger partial charge in [0.25, 0.3) is 5.89 Å². The molecule has 0 amide bonds. The molecule has 0 saturated carbocycles. The Bertz CT molecular complexity index is 564. The van der Waals surface area contributed by atoms with Gasteiger partial charge in [-0.2, -0.15) is 4.98 Å². The summed E-state index contributed by atoms with van der Waals surface area (Å²) in [5.74, 6) is 1.28. The van der Waals surface area contributed by atoms with Crippen LogP contribution >= 0.6 is 22.9 Å². The standard InChI is InChI=1S/C13H17ClN4OS/c1-2-10(18-6-4-15-5-7-18)12-16-13(19-17-12)11-9(14)3-8-20-11/h3,8,10,15H,2,4-7H2,1H3. The van der Waals surface area contributed by atoms with Crippen molar-refractivity contribution in [2.75, 3.05) is 26.2 Å². The first kappa shape index (κ1) is 14.0. The number of nitrogens with one attached hydrogen (secondary N) is 1. The van der Waals surface area contributed by atoms with E-state index in [4.69, 9.17) is 16.1 Å². The van der Waals surface area contributed by atoms with Crippen molar-refractivity contribution in [2.45, 2.75) is 19.4 Å². The highest BCUT2D eigenvalue weighted by molar-refractivity contribution is 7.14. The lowest BCUT2D eigenvalue weighted by molar-refractivity contribution is 0.160. The quantitative estimate of drug-likeness (QED) is 0.941. The molecule has 5 nitrogen and oxygen atoms in total. The summed E-state index contributed by atoms with van der Waals surface area (Å²) >= 11 is 7.63. The Labute approximate surface area is 126 Å². The fraction of sp³-hybridized carbons (Fsp3) is 0.538. The number of thiophene rings is 1. The van der Waals surface area contributed by atoms with Gasteiger partial charge in [-0.25, -0.2) is 0 Å². The smallest absolute Gasteiger partial charge is 0.269 e. The van der Waals surface area contributed by atoms with Gasteiger partial charge in [0.2, 0.25) is 0 Å². The van der Waals surface area contributed by atoms with Gasteiger partial charge in [-0.05, 0) is 17.9 Å². The van der Waals surface area contributed by atoms with Crippen LogP contribution in [0.1, 0.15) is 25.2 Å². The maximum atomic E-state index is 6.11. The molecule has 1 fully saturated rings. The Balaban J connectivity index is 1.82. The topological polar surface area (TPSA) is 54.2 Å². The third-order valence-corrected chi connectivity index (χ3v) is 4.86. The van der Waals surface area contributed by atoms with Gasteiger partial charge in [0.1, 0.15) is 4.88 Å². The normalized spacial score (nSPS) is 18.3. The predicted octanol–water partition coefficient (Wildman–Crippen LogP) is 2.81. The lowest BCUT2D eigenvalue weighted by atomic mass is 10.1. The van der Waals surface area contributed by atoms with E-state index in [0.717, 1.165) is 43.3 Å². The summed E-state index contributed by atoms with van der Waals surface area (Å²) in [7, 11) is 0. The van der Waals surface area contributed by atoms with Gasteiger partial charge in [0, 0.05) is 26.2 Å². The summed E-state index contributed by atoms with van der Waals surface area (Å²) in [5, 5.41) is 10.1. The highest BCUT2D eigenvalue weighted by Gasteiger charge is 2.25. The van der Waals surface area contributed by atoms with E-state index in [1.165, 1.54) is 11.3 Å². The van der Waals surface area contributed by atoms with Crippen LogP contribution in [0.25, 0.3) is 10.8 Å². The first-order chi connectivity index (χ1) is 9.79. The molecular weight excluding hydrogens is 296 g/mol. The maximum absolute atomic E-state index is 6.11. The highest BCUT2D eigenvalue weighted by Crippen LogP contribution is 2.33. The molecular formula is C13H17ClN4OS. The van der Waals surface area contributed by atoms with Crippen LogP contribution in [0.5, 0.6) is 0 Å². The van der Waals surface area contributed by atoms with E-state index < -0.39 is 0 Å². The molecule has 20 heavy (non-hydrogen) atoms. The number of halogens is 1. The van der Waals surface area contributed by atoms with Crippen molar-refractivity contribution in [1.29, 1.82) is 0 Å². The van der Waals surface area contributed by atoms with Crippen LogP contribution in [0.2, 0.25) is 5.02 Å². The summed E-state index contributed by atoms with van der Waals surface area (Å²) < 4.78 is 5.39. The molecule has 3 rings (SSSR count). The fourth-order valence-electron chi connectivity index (χ4n) is 2.51. The van der Waals surface area contributed by atoms with Crippen LogP contribution in [-0.4, -0.2) is 41.2 Å². The molecule has 0 radical (unpaired) electrons. The van der Waals surface area contributed by atoms with Crippen LogP contribution in [0.15, 0.2) is 16.0 Å². The molecule has 1 atom stereocenters. The number of piperazine rings is 1. The van der Waals surface area contributed by atoms with E-state index >= 15 is 0 Å². The van der Waals surface area contributed by atoms with Crippen molar-refractivity contribution in [1.82, 2.24) is 20.4 Å². The highest BCUT2D eigenvalue weighted by atomic mass is 35.5. The predicted molar refractivity (Wildman–Crippen MR) is 80.1 cm³/mol. The van der Waals surface area contributed by atoms with E-state index in [1.807, 2.05) is 11.4 Å². The largest absolute Gasteiger partial charge is 0.333 e. The Morgan fingerprint density at radius 1 is 1.50 bits per heavy atom. The SMILES string of the molecule is CCC(c1noc(-c2sccc2Cl)n1)N1CCNCC1. The summed E-state index contributed by atoms with van der Waals surface area (Å²) in [6.07, 6.45) is 0.969. The zero-order valence-corrected chi connectivity index (χ0v) is 12.9. The van der Waals surface area contributed by atoms with Crippen LogP contribution in [0.3, 0.4) is 0 Å². The number of nitrogens with zero attached hydrogens (tertiary/aromatic N) is 3. The summed E-state index contributed by atoms with van der Waals surface area (Å²) in [5.41, 5.74) is 0. The molecule has 0 aliphatic carbocycles. The zero-order chi connectivity index (χ0) is 13.9. The Morgan fingerprint density at radius 3 is 2.95 bits per heavy atom. The molecule has 1 aliphatic heterocycles. The maximum Gasteiger partial charge on any atom is 0.269 e. The summed E-state index contributed by atoms with van der Waals surface area (Å²) in [4.78, 5) is 7.80. The van der Waals surface area contributed by atoms with Crippen LogP contribution < -0.4 is 5.32 Å². The molecule has 3 heterocycles. The van der Waals surface area contributed by atoms with E-state index in [0.29, 0.717) is 10.9 Å². The number of rotatable bonds is 4. The number of aromatic nitrogens is 2. The van der Waals surface area contributed by atoms with Crippen LogP contribution in [0.4, 0.5) is 0 Å². The van der Waals surface area contributed by atoms with Crippen molar-refractivity contribution in [2.24, 2.45) is 0 Å². The van der Waals surface area contributed by atoms with Crippen molar-refractivity contribution >= 4 is 22.9 Å². The fourth-order valence-corrected chi connectivity index (χ4v) is 3.56. The lowest BCUT2D eigenvalue weighted by Gasteiger charge is -2.32. The molecule has 0 bridgehead atoms. The Hall–Kier alpha value is -0.950. The van der Waals surface area contributed by atoms with Crippen molar-refractivity contribution in [3.05, 3.63) is 22.3 Å². The molecule has 1 N–H and O–H groups in total. The summed E-state index contributed by atoms with van der Waals surface area (Å²) in [6.45, 7) is 6.21. The van der Waals surface area contributed by atoms with Crippen LogP contribution in [-0.2, 0) is 0 Å². The average molecular weight is 313 g/mol. The second-order valence-corrected chi connectivity index (χ2v) is 6.09. The van der Waals surface area contributed by atoms with Gasteiger partial charge < -0.3 is 9.84 Å². The third kappa shape index (κ3) is 2.74. The summed E-state index contributed by atoms with van der Waals surface area (Å²) in [6, 6.07) is 2.06. The van der Waals surface area contributed by atoms with Crippen LogP contribution in [0, 0.1) is 0 Å². The molecule has 7 heteroatoms. The molecule has 108 valence electrons. The van der Waals surface area contributed by atoms with Crippen molar-refractivity contribution in [3.63, 3.8) is 0 Å². The minimum Gasteiger partial charge on any atom is -0.333 e. The lowest BCUT2D eigenvalue weighted by Crippen LogP contribution is -2.45. The van der Waals surface area contributed by atoms with E-state index in [1.54, 1.807) is 0 Å². The molecule has 2 aromatic rings. The third-order valence-electron chi connectivity index (χ3n) is 3.53. The van der Waals surface area contributed by atoms with E-state index in [9.17, 15) is 0 Å². The molecule has 1 saturated heterocycles. The molecule has 1 unspecified atom stereocenters. The number of hydrogen-bond donors (Lipinski definition) is 1. The molecule has 2 aromatic heterocycles. The van der Waals surface area contributed by atoms with Crippen molar-refractivity contribution in [3.8, 4) is 10.8 Å².